The molecule has 0 aliphatic heterocycles. The van der Waals surface area contributed by atoms with E-state index in [-0.39, 0.29) is 5.34 Å². The standard InChI is InChI=1S/C3H9ClSi.CH2Cl2/c1-5(2,3)4;2-1-3/h1-3H3;1H2. The first-order valence-corrected chi connectivity index (χ1v) is 7.80. The smallest absolute Gasteiger partial charge is 0.147 e. The van der Waals surface area contributed by atoms with Crippen molar-refractivity contribution in [3.8, 4) is 0 Å². The Hall–Kier alpha value is 1.09. The van der Waals surface area contributed by atoms with Crippen molar-refractivity contribution in [3.63, 3.8) is 0 Å². The summed E-state index contributed by atoms with van der Waals surface area (Å²) >= 11 is 15.2. The fraction of sp³-hybridized carbons (Fsp3) is 1.00. The second-order valence-electron chi connectivity index (χ2n) is 2.17. The van der Waals surface area contributed by atoms with Crippen LogP contribution in [-0.2, 0) is 0 Å². The van der Waals surface area contributed by atoms with E-state index in [0.717, 1.165) is 0 Å². The highest BCUT2D eigenvalue weighted by Gasteiger charge is 2.04. The summed E-state index contributed by atoms with van der Waals surface area (Å²) in [6.07, 6.45) is 0. The molecule has 0 aromatic heterocycles. The van der Waals surface area contributed by atoms with E-state index < -0.39 is 7.38 Å². The van der Waals surface area contributed by atoms with Gasteiger partial charge in [0, 0.05) is 0 Å². The Balaban J connectivity index is 0. The molecular weight excluding hydrogens is 182 g/mol. The molecule has 0 aliphatic carbocycles. The zero-order chi connectivity index (χ0) is 7.21. The lowest BCUT2D eigenvalue weighted by atomic mass is 11.8. The maximum Gasteiger partial charge on any atom is 0.147 e. The second-order valence-corrected chi connectivity index (χ2v) is 10.5. The Morgan fingerprint density at radius 2 is 1.12 bits per heavy atom. The van der Waals surface area contributed by atoms with Crippen molar-refractivity contribution in [1.82, 2.24) is 0 Å². The van der Waals surface area contributed by atoms with Crippen LogP contribution in [0, 0.1) is 0 Å². The fourth-order valence-electron chi connectivity index (χ4n) is 0. The zero-order valence-electron chi connectivity index (χ0n) is 5.34. The summed E-state index contributed by atoms with van der Waals surface area (Å²) < 4.78 is 0. The molecule has 0 radical (unpaired) electrons. The molecule has 0 N–H and O–H groups in total. The van der Waals surface area contributed by atoms with E-state index in [1.54, 1.807) is 0 Å². The Morgan fingerprint density at radius 1 is 1.12 bits per heavy atom. The first kappa shape index (κ1) is 11.8. The van der Waals surface area contributed by atoms with Gasteiger partial charge in [-0.15, -0.1) is 23.2 Å². The monoisotopic (exact) mass is 192 g/mol. The number of hydrogen-bond acceptors (Lipinski definition) is 0. The number of hydrogen-bond donors (Lipinski definition) is 0. The molecule has 0 heterocycles. The van der Waals surface area contributed by atoms with Crippen LogP contribution in [0.1, 0.15) is 0 Å². The number of alkyl halides is 2. The minimum atomic E-state index is -1.14. The fourth-order valence-corrected chi connectivity index (χ4v) is 0. The molecule has 0 aliphatic rings. The third kappa shape index (κ3) is 222. The topological polar surface area (TPSA) is 0 Å². The lowest BCUT2D eigenvalue weighted by Crippen LogP contribution is -2.06. The van der Waals surface area contributed by atoms with Crippen molar-refractivity contribution in [1.29, 1.82) is 0 Å². The molecule has 0 saturated heterocycles. The molecule has 0 spiro atoms. The van der Waals surface area contributed by atoms with Crippen LogP contribution >= 0.6 is 34.3 Å². The quantitative estimate of drug-likeness (QED) is 0.314. The third-order valence-corrected chi connectivity index (χ3v) is 0. The molecule has 0 saturated carbocycles. The van der Waals surface area contributed by atoms with E-state index in [0.29, 0.717) is 0 Å². The van der Waals surface area contributed by atoms with Gasteiger partial charge >= 0.3 is 0 Å². The Bertz CT molecular complexity index is 35.0. The van der Waals surface area contributed by atoms with Gasteiger partial charge in [-0.05, 0) is 0 Å². The normalized spacial score (nSPS) is 9.75. The van der Waals surface area contributed by atoms with E-state index >= 15 is 0 Å². The largest absolute Gasteiger partial charge is 0.168 e. The Morgan fingerprint density at radius 3 is 1.12 bits per heavy atom. The van der Waals surface area contributed by atoms with Gasteiger partial charge in [0.1, 0.15) is 7.38 Å². The van der Waals surface area contributed by atoms with E-state index in [2.05, 4.69) is 19.6 Å². The van der Waals surface area contributed by atoms with Crippen LogP contribution in [-0.4, -0.2) is 12.7 Å². The SMILES string of the molecule is C[Si](C)(C)Cl.ClCCl. The molecule has 0 unspecified atom stereocenters. The predicted octanol–water partition coefficient (Wildman–Crippen LogP) is 3.48. The van der Waals surface area contributed by atoms with Gasteiger partial charge in [-0.25, -0.2) is 0 Å². The molecule has 52 valence electrons. The van der Waals surface area contributed by atoms with Crippen LogP contribution in [0.5, 0.6) is 0 Å². The molecule has 4 heteroatoms. The van der Waals surface area contributed by atoms with Gasteiger partial charge < -0.3 is 0 Å². The van der Waals surface area contributed by atoms with Crippen LogP contribution in [0.3, 0.4) is 0 Å². The highest BCUT2D eigenvalue weighted by molar-refractivity contribution is 7.18. The van der Waals surface area contributed by atoms with Gasteiger partial charge in [0.2, 0.25) is 0 Å². The minimum absolute atomic E-state index is 0.194. The van der Waals surface area contributed by atoms with E-state index in [1.165, 1.54) is 0 Å². The van der Waals surface area contributed by atoms with E-state index in [1.807, 2.05) is 0 Å². The van der Waals surface area contributed by atoms with Crippen molar-refractivity contribution in [2.75, 3.05) is 5.34 Å². The van der Waals surface area contributed by atoms with Gasteiger partial charge in [-0.1, -0.05) is 19.6 Å². The summed E-state index contributed by atoms with van der Waals surface area (Å²) in [5, 5.41) is 0.194. The highest BCUT2D eigenvalue weighted by Crippen LogP contribution is 2.03. The molecule has 0 rings (SSSR count). The van der Waals surface area contributed by atoms with Crippen molar-refractivity contribution in [3.05, 3.63) is 0 Å². The molecule has 0 aromatic rings. The average Bonchev–Trinajstić information content (AvgIpc) is 1.27. The molecule has 0 aromatic carbocycles. The molecule has 0 amide bonds. The predicted molar refractivity (Wildman–Crippen MR) is 45.8 cm³/mol. The van der Waals surface area contributed by atoms with Gasteiger partial charge in [0.15, 0.2) is 0 Å². The second kappa shape index (κ2) is 6.21. The van der Waals surface area contributed by atoms with Crippen molar-refractivity contribution < 1.29 is 0 Å². The number of halogens is 3. The first-order chi connectivity index (χ1) is 3.41. The molecule has 0 atom stereocenters. The summed E-state index contributed by atoms with van der Waals surface area (Å²) in [6, 6.07) is 0. The third-order valence-electron chi connectivity index (χ3n) is 0. The van der Waals surface area contributed by atoms with Gasteiger partial charge in [0.25, 0.3) is 0 Å². The number of rotatable bonds is 0. The lowest BCUT2D eigenvalue weighted by molar-refractivity contribution is 1.87. The maximum atomic E-state index is 5.67. The van der Waals surface area contributed by atoms with E-state index in [4.69, 9.17) is 34.3 Å². The molecule has 8 heavy (non-hydrogen) atoms. The summed E-state index contributed by atoms with van der Waals surface area (Å²) in [5.41, 5.74) is 0. The van der Waals surface area contributed by atoms with Crippen LogP contribution in [0.4, 0.5) is 0 Å². The first-order valence-electron chi connectivity index (χ1n) is 2.22. The average molecular weight is 194 g/mol. The zero-order valence-corrected chi connectivity index (χ0v) is 8.61. The Kier molecular flexibility index (Phi) is 9.19. The van der Waals surface area contributed by atoms with Crippen LogP contribution in [0.2, 0.25) is 19.6 Å². The lowest BCUT2D eigenvalue weighted by Gasteiger charge is -1.97. The minimum Gasteiger partial charge on any atom is -0.168 e. The van der Waals surface area contributed by atoms with Crippen molar-refractivity contribution >= 4 is 41.7 Å². The summed E-state index contributed by atoms with van der Waals surface area (Å²) in [7, 11) is -1.14. The highest BCUT2D eigenvalue weighted by atomic mass is 35.6. The van der Waals surface area contributed by atoms with Crippen molar-refractivity contribution in [2.24, 2.45) is 0 Å². The molecule has 0 nitrogen and oxygen atoms in total. The molecule has 0 fully saturated rings. The Labute approximate surface area is 66.8 Å². The van der Waals surface area contributed by atoms with Crippen LogP contribution in [0.25, 0.3) is 0 Å². The van der Waals surface area contributed by atoms with Crippen LogP contribution < -0.4 is 0 Å². The summed E-state index contributed by atoms with van der Waals surface area (Å²) in [6.45, 7) is 6.28. The molecular formula is C4H11Cl3Si. The van der Waals surface area contributed by atoms with Gasteiger partial charge in [-0.2, -0.15) is 11.1 Å². The molecule has 0 bridgehead atoms. The van der Waals surface area contributed by atoms with Crippen LogP contribution in [0.15, 0.2) is 0 Å². The van der Waals surface area contributed by atoms with Gasteiger partial charge in [0.05, 0.1) is 5.34 Å². The summed E-state index contributed by atoms with van der Waals surface area (Å²) in [5.74, 6) is 0. The maximum absolute atomic E-state index is 5.67. The van der Waals surface area contributed by atoms with Gasteiger partial charge in [-0.3, -0.25) is 0 Å². The van der Waals surface area contributed by atoms with E-state index in [9.17, 15) is 0 Å². The van der Waals surface area contributed by atoms with Crippen molar-refractivity contribution in [2.45, 2.75) is 19.6 Å². The summed E-state index contributed by atoms with van der Waals surface area (Å²) in [4.78, 5) is 0.